The van der Waals surface area contributed by atoms with Crippen LogP contribution < -0.4 is 10.6 Å². The molecule has 0 spiro atoms. The molecule has 27 heavy (non-hydrogen) atoms. The number of rotatable bonds is 20. The van der Waals surface area contributed by atoms with Crippen LogP contribution in [0.25, 0.3) is 0 Å². The number of nitrogens with one attached hydrogen (secondary N) is 2. The molecule has 0 radical (unpaired) electrons. The quantitative estimate of drug-likeness (QED) is 0.237. The predicted molar refractivity (Wildman–Crippen MR) is 112 cm³/mol. The van der Waals surface area contributed by atoms with E-state index < -0.39 is 0 Å². The standard InChI is InChI=1S/C22H42N2O3/c1-2-3-4-5-6-7-8-9-10-11-12-13-14-16-21(26)24-19-17-22(27)23-18-15-20-25/h20H,2-19H2,1H3,(H,23,27)(H,24,26). The number of carbonyl (C=O) groups excluding carboxylic acids is 3. The zero-order valence-electron chi connectivity index (χ0n) is 17.5. The SMILES string of the molecule is CCCCCCCCCCCCCCCC(=O)NCCC(=O)NCCC=O. The maximum absolute atomic E-state index is 11.7. The third kappa shape index (κ3) is 20.8. The summed E-state index contributed by atoms with van der Waals surface area (Å²) in [5, 5.41) is 5.41. The van der Waals surface area contributed by atoms with Crippen molar-refractivity contribution in [3.63, 3.8) is 0 Å². The van der Waals surface area contributed by atoms with Gasteiger partial charge in [0.15, 0.2) is 0 Å². The number of amides is 2. The first-order valence-corrected chi connectivity index (χ1v) is 11.2. The van der Waals surface area contributed by atoms with E-state index in [2.05, 4.69) is 17.6 Å². The van der Waals surface area contributed by atoms with Crippen molar-refractivity contribution < 1.29 is 14.4 Å². The highest BCUT2D eigenvalue weighted by Crippen LogP contribution is 2.12. The van der Waals surface area contributed by atoms with Gasteiger partial charge in [0.1, 0.15) is 6.29 Å². The minimum absolute atomic E-state index is 0.0266. The average Bonchev–Trinajstić information content (AvgIpc) is 2.65. The van der Waals surface area contributed by atoms with E-state index in [1.54, 1.807) is 0 Å². The molecular weight excluding hydrogens is 340 g/mol. The lowest BCUT2D eigenvalue weighted by atomic mass is 10.0. The fourth-order valence-electron chi connectivity index (χ4n) is 3.07. The van der Waals surface area contributed by atoms with Crippen LogP contribution in [-0.4, -0.2) is 31.2 Å². The monoisotopic (exact) mass is 382 g/mol. The minimum atomic E-state index is -0.127. The largest absolute Gasteiger partial charge is 0.356 e. The van der Waals surface area contributed by atoms with Crippen LogP contribution >= 0.6 is 0 Å². The van der Waals surface area contributed by atoms with Crippen LogP contribution in [0.15, 0.2) is 0 Å². The first-order chi connectivity index (χ1) is 13.2. The van der Waals surface area contributed by atoms with Crippen molar-refractivity contribution in [2.24, 2.45) is 0 Å². The van der Waals surface area contributed by atoms with Crippen LogP contribution in [0.4, 0.5) is 0 Å². The molecule has 0 aromatic heterocycles. The molecule has 0 rings (SSSR count). The number of aldehydes is 1. The molecule has 0 bridgehead atoms. The lowest BCUT2D eigenvalue weighted by Crippen LogP contribution is -2.31. The molecular formula is C22H42N2O3. The van der Waals surface area contributed by atoms with Gasteiger partial charge in [0, 0.05) is 32.4 Å². The molecule has 0 aliphatic carbocycles. The van der Waals surface area contributed by atoms with Gasteiger partial charge in [0.2, 0.25) is 11.8 Å². The summed E-state index contributed by atoms with van der Waals surface area (Å²) >= 11 is 0. The summed E-state index contributed by atoms with van der Waals surface area (Å²) in [5.74, 6) is -0.100. The van der Waals surface area contributed by atoms with Gasteiger partial charge in [-0.1, -0.05) is 84.0 Å². The molecule has 0 heterocycles. The van der Waals surface area contributed by atoms with Crippen LogP contribution in [0, 0.1) is 0 Å². The Morgan fingerprint density at radius 3 is 1.59 bits per heavy atom. The fourth-order valence-corrected chi connectivity index (χ4v) is 3.07. The van der Waals surface area contributed by atoms with Crippen molar-refractivity contribution in [1.29, 1.82) is 0 Å². The van der Waals surface area contributed by atoms with E-state index >= 15 is 0 Å². The first-order valence-electron chi connectivity index (χ1n) is 11.2. The lowest BCUT2D eigenvalue weighted by Gasteiger charge is -2.06. The minimum Gasteiger partial charge on any atom is -0.356 e. The average molecular weight is 383 g/mol. The summed E-state index contributed by atoms with van der Waals surface area (Å²) in [4.78, 5) is 33.3. The van der Waals surface area contributed by atoms with E-state index in [0.717, 1.165) is 19.1 Å². The topological polar surface area (TPSA) is 75.3 Å². The molecule has 0 fully saturated rings. The van der Waals surface area contributed by atoms with Crippen LogP contribution in [0.2, 0.25) is 0 Å². The smallest absolute Gasteiger partial charge is 0.221 e. The Labute approximate surface area is 166 Å². The lowest BCUT2D eigenvalue weighted by molar-refractivity contribution is -0.122. The van der Waals surface area contributed by atoms with Gasteiger partial charge >= 0.3 is 0 Å². The predicted octanol–water partition coefficient (Wildman–Crippen LogP) is 4.68. The van der Waals surface area contributed by atoms with E-state index in [-0.39, 0.29) is 18.2 Å². The van der Waals surface area contributed by atoms with Crippen molar-refractivity contribution in [3.05, 3.63) is 0 Å². The summed E-state index contributed by atoms with van der Waals surface area (Å²) in [7, 11) is 0. The third-order valence-corrected chi connectivity index (χ3v) is 4.77. The molecule has 0 aliphatic heterocycles. The van der Waals surface area contributed by atoms with Crippen molar-refractivity contribution in [1.82, 2.24) is 10.6 Å². The van der Waals surface area contributed by atoms with E-state index in [4.69, 9.17) is 0 Å². The Bertz CT molecular complexity index is 373. The van der Waals surface area contributed by atoms with Crippen LogP contribution in [-0.2, 0) is 14.4 Å². The maximum atomic E-state index is 11.7. The molecule has 0 aromatic carbocycles. The molecule has 2 N–H and O–H groups in total. The highest BCUT2D eigenvalue weighted by molar-refractivity contribution is 5.79. The van der Waals surface area contributed by atoms with Crippen molar-refractivity contribution in [2.75, 3.05) is 13.1 Å². The van der Waals surface area contributed by atoms with Gasteiger partial charge < -0.3 is 15.4 Å². The third-order valence-electron chi connectivity index (χ3n) is 4.77. The van der Waals surface area contributed by atoms with Gasteiger partial charge in [-0.15, -0.1) is 0 Å². The Balaban J connectivity index is 3.25. The second-order valence-corrected chi connectivity index (χ2v) is 7.40. The zero-order valence-corrected chi connectivity index (χ0v) is 17.5. The molecule has 5 nitrogen and oxygen atoms in total. The zero-order chi connectivity index (χ0) is 20.0. The number of carbonyl (C=O) groups is 3. The molecule has 2 amide bonds. The van der Waals surface area contributed by atoms with Gasteiger partial charge in [-0.3, -0.25) is 9.59 Å². The molecule has 5 heteroatoms. The normalized spacial score (nSPS) is 10.6. The molecule has 0 aromatic rings. The molecule has 0 aliphatic rings. The molecule has 0 saturated heterocycles. The van der Waals surface area contributed by atoms with Gasteiger partial charge in [0.25, 0.3) is 0 Å². The fraction of sp³-hybridized carbons (Fsp3) is 0.864. The van der Waals surface area contributed by atoms with Gasteiger partial charge in [0.05, 0.1) is 0 Å². The maximum Gasteiger partial charge on any atom is 0.221 e. The van der Waals surface area contributed by atoms with E-state index in [1.807, 2.05) is 0 Å². The first kappa shape index (κ1) is 25.6. The van der Waals surface area contributed by atoms with E-state index in [1.165, 1.54) is 70.6 Å². The summed E-state index contributed by atoms with van der Waals surface area (Å²) in [6, 6.07) is 0. The van der Waals surface area contributed by atoms with Gasteiger partial charge in [-0.2, -0.15) is 0 Å². The highest BCUT2D eigenvalue weighted by atomic mass is 16.2. The Hall–Kier alpha value is -1.39. The number of hydrogen-bond acceptors (Lipinski definition) is 3. The number of hydrogen-bond donors (Lipinski definition) is 2. The second-order valence-electron chi connectivity index (χ2n) is 7.40. The van der Waals surface area contributed by atoms with E-state index in [9.17, 15) is 14.4 Å². The summed E-state index contributed by atoms with van der Waals surface area (Å²) in [6.07, 6.45) is 18.8. The molecule has 0 unspecified atom stereocenters. The van der Waals surface area contributed by atoms with Crippen molar-refractivity contribution in [3.8, 4) is 0 Å². The molecule has 0 saturated carbocycles. The summed E-state index contributed by atoms with van der Waals surface area (Å²) in [6.45, 7) is 2.99. The molecule has 0 atom stereocenters. The van der Waals surface area contributed by atoms with Crippen LogP contribution in [0.5, 0.6) is 0 Å². The second kappa shape index (κ2) is 20.9. The Morgan fingerprint density at radius 1 is 0.630 bits per heavy atom. The Morgan fingerprint density at radius 2 is 1.07 bits per heavy atom. The number of unbranched alkanes of at least 4 members (excludes halogenated alkanes) is 12. The summed E-state index contributed by atoms with van der Waals surface area (Å²) < 4.78 is 0. The highest BCUT2D eigenvalue weighted by Gasteiger charge is 2.04. The van der Waals surface area contributed by atoms with Crippen LogP contribution in [0.1, 0.15) is 110 Å². The van der Waals surface area contributed by atoms with Gasteiger partial charge in [-0.05, 0) is 6.42 Å². The van der Waals surface area contributed by atoms with Gasteiger partial charge in [-0.25, -0.2) is 0 Å². The van der Waals surface area contributed by atoms with Crippen molar-refractivity contribution in [2.45, 2.75) is 110 Å². The van der Waals surface area contributed by atoms with E-state index in [0.29, 0.717) is 25.9 Å². The van der Waals surface area contributed by atoms with Crippen LogP contribution in [0.3, 0.4) is 0 Å². The molecule has 158 valence electrons. The summed E-state index contributed by atoms with van der Waals surface area (Å²) in [5.41, 5.74) is 0. The Kier molecular flexibility index (Phi) is 19.8. The van der Waals surface area contributed by atoms with Crippen molar-refractivity contribution >= 4 is 18.1 Å².